The van der Waals surface area contributed by atoms with Gasteiger partial charge in [-0.3, -0.25) is 0 Å². The van der Waals surface area contributed by atoms with E-state index in [9.17, 15) is 13.2 Å². The zero-order valence-corrected chi connectivity index (χ0v) is 9.45. The zero-order chi connectivity index (χ0) is 11.6. The molecule has 1 rings (SSSR count). The predicted octanol–water partition coefficient (Wildman–Crippen LogP) is 2.85. The molecule has 0 aliphatic carbocycles. The lowest BCUT2D eigenvalue weighted by molar-refractivity contribution is -0.276. The fourth-order valence-corrected chi connectivity index (χ4v) is 1.37. The highest BCUT2D eigenvalue weighted by Crippen LogP contribution is 2.34. The highest BCUT2D eigenvalue weighted by molar-refractivity contribution is 9.10. The molecule has 0 spiro atoms. The molecule has 0 saturated heterocycles. The SMILES string of the molecule is NCc1cc(Br)c(Cl)c(OC(F)(F)F)n1. The Morgan fingerprint density at radius 3 is 2.60 bits per heavy atom. The van der Waals surface area contributed by atoms with Crippen LogP contribution < -0.4 is 10.5 Å². The van der Waals surface area contributed by atoms with Crippen molar-refractivity contribution in [1.82, 2.24) is 4.98 Å². The van der Waals surface area contributed by atoms with Crippen LogP contribution in [-0.2, 0) is 6.54 Å². The van der Waals surface area contributed by atoms with Crippen molar-refractivity contribution in [3.05, 3.63) is 21.3 Å². The fourth-order valence-electron chi connectivity index (χ4n) is 0.805. The average Bonchev–Trinajstić information content (AvgIpc) is 2.10. The van der Waals surface area contributed by atoms with Crippen LogP contribution in [0.4, 0.5) is 13.2 Å². The van der Waals surface area contributed by atoms with Gasteiger partial charge in [0.05, 0.1) is 5.69 Å². The number of rotatable bonds is 2. The van der Waals surface area contributed by atoms with E-state index < -0.39 is 12.2 Å². The number of pyridine rings is 1. The van der Waals surface area contributed by atoms with Crippen molar-refractivity contribution in [3.63, 3.8) is 0 Å². The Hall–Kier alpha value is -0.530. The topological polar surface area (TPSA) is 48.1 Å². The quantitative estimate of drug-likeness (QED) is 0.914. The minimum absolute atomic E-state index is 0.00993. The van der Waals surface area contributed by atoms with Crippen molar-refractivity contribution in [2.75, 3.05) is 0 Å². The number of hydrogen-bond donors (Lipinski definition) is 1. The summed E-state index contributed by atoms with van der Waals surface area (Å²) in [5.74, 6) is -0.709. The van der Waals surface area contributed by atoms with Gasteiger partial charge in [0.1, 0.15) is 5.02 Å². The summed E-state index contributed by atoms with van der Waals surface area (Å²) in [6, 6.07) is 1.42. The van der Waals surface area contributed by atoms with Crippen molar-refractivity contribution in [2.24, 2.45) is 5.73 Å². The highest BCUT2D eigenvalue weighted by atomic mass is 79.9. The highest BCUT2D eigenvalue weighted by Gasteiger charge is 2.33. The average molecular weight is 305 g/mol. The van der Waals surface area contributed by atoms with Crippen molar-refractivity contribution in [2.45, 2.75) is 12.9 Å². The molecule has 84 valence electrons. The standard InChI is InChI=1S/C7H5BrClF3N2O/c8-4-1-3(2-13)14-6(5(4)9)15-7(10,11)12/h1H,2,13H2. The number of alkyl halides is 3. The molecule has 0 saturated carbocycles. The molecule has 2 N–H and O–H groups in total. The molecule has 0 aromatic carbocycles. The normalized spacial score (nSPS) is 11.6. The van der Waals surface area contributed by atoms with E-state index in [2.05, 4.69) is 25.7 Å². The molecule has 0 bridgehead atoms. The smallest absolute Gasteiger partial charge is 0.386 e. The van der Waals surface area contributed by atoms with Gasteiger partial charge in [0.15, 0.2) is 0 Å². The first kappa shape index (κ1) is 12.5. The lowest BCUT2D eigenvalue weighted by Gasteiger charge is -2.11. The summed E-state index contributed by atoms with van der Waals surface area (Å²) < 4.78 is 39.6. The van der Waals surface area contributed by atoms with Gasteiger partial charge in [0, 0.05) is 11.0 Å². The van der Waals surface area contributed by atoms with Crippen LogP contribution >= 0.6 is 27.5 Å². The summed E-state index contributed by atoms with van der Waals surface area (Å²) in [5, 5.41) is -0.246. The summed E-state index contributed by atoms with van der Waals surface area (Å²) in [7, 11) is 0. The number of nitrogens with two attached hydrogens (primary N) is 1. The summed E-state index contributed by atoms with van der Waals surface area (Å²) in [4.78, 5) is 3.51. The first-order chi connectivity index (χ1) is 6.83. The predicted molar refractivity (Wildman–Crippen MR) is 51.5 cm³/mol. The molecular weight excluding hydrogens is 300 g/mol. The molecule has 15 heavy (non-hydrogen) atoms. The molecule has 0 unspecified atom stereocenters. The van der Waals surface area contributed by atoms with Gasteiger partial charge >= 0.3 is 6.36 Å². The second-order valence-corrected chi connectivity index (χ2v) is 3.70. The second-order valence-electron chi connectivity index (χ2n) is 2.47. The van der Waals surface area contributed by atoms with Gasteiger partial charge in [0.25, 0.3) is 0 Å². The van der Waals surface area contributed by atoms with Crippen molar-refractivity contribution < 1.29 is 17.9 Å². The molecule has 0 aliphatic rings. The Bertz CT molecular complexity index is 372. The molecule has 8 heteroatoms. The van der Waals surface area contributed by atoms with E-state index >= 15 is 0 Å². The number of aromatic nitrogens is 1. The Labute approximate surface area is 96.5 Å². The largest absolute Gasteiger partial charge is 0.574 e. The fraction of sp³-hybridized carbons (Fsp3) is 0.286. The summed E-state index contributed by atoms with van der Waals surface area (Å²) >= 11 is 8.52. The van der Waals surface area contributed by atoms with Crippen LogP contribution in [0.1, 0.15) is 5.69 Å². The van der Waals surface area contributed by atoms with Gasteiger partial charge in [-0.15, -0.1) is 13.2 Å². The van der Waals surface area contributed by atoms with E-state index in [-0.39, 0.29) is 21.7 Å². The monoisotopic (exact) mass is 304 g/mol. The van der Waals surface area contributed by atoms with E-state index in [4.69, 9.17) is 17.3 Å². The van der Waals surface area contributed by atoms with E-state index in [1.165, 1.54) is 6.07 Å². The maximum absolute atomic E-state index is 11.9. The third-order valence-electron chi connectivity index (χ3n) is 1.36. The Morgan fingerprint density at radius 2 is 2.13 bits per heavy atom. The van der Waals surface area contributed by atoms with Crippen LogP contribution in [0.25, 0.3) is 0 Å². The van der Waals surface area contributed by atoms with E-state index in [0.717, 1.165) is 0 Å². The molecule has 3 nitrogen and oxygen atoms in total. The zero-order valence-electron chi connectivity index (χ0n) is 7.11. The molecular formula is C7H5BrClF3N2O. The third-order valence-corrected chi connectivity index (χ3v) is 2.58. The van der Waals surface area contributed by atoms with Crippen LogP contribution in [0, 0.1) is 0 Å². The lowest BCUT2D eigenvalue weighted by atomic mass is 10.3. The molecule has 0 amide bonds. The summed E-state index contributed by atoms with van der Waals surface area (Å²) in [6.45, 7) is -0.00993. The second kappa shape index (κ2) is 4.54. The van der Waals surface area contributed by atoms with Gasteiger partial charge in [-0.2, -0.15) is 0 Å². The summed E-state index contributed by atoms with van der Waals surface area (Å²) in [5.41, 5.74) is 5.48. The molecule has 0 radical (unpaired) electrons. The van der Waals surface area contributed by atoms with Gasteiger partial charge in [-0.05, 0) is 22.0 Å². The van der Waals surface area contributed by atoms with Gasteiger partial charge in [0.2, 0.25) is 5.88 Å². The number of ether oxygens (including phenoxy) is 1. The maximum Gasteiger partial charge on any atom is 0.574 e. The number of hydrogen-bond acceptors (Lipinski definition) is 3. The summed E-state index contributed by atoms with van der Waals surface area (Å²) in [6.07, 6.45) is -4.83. The van der Waals surface area contributed by atoms with E-state index in [1.54, 1.807) is 0 Å². The van der Waals surface area contributed by atoms with Crippen molar-refractivity contribution >= 4 is 27.5 Å². The van der Waals surface area contributed by atoms with Crippen LogP contribution in [0.3, 0.4) is 0 Å². The minimum atomic E-state index is -4.83. The van der Waals surface area contributed by atoms with Crippen molar-refractivity contribution in [1.29, 1.82) is 0 Å². The molecule has 1 aromatic rings. The van der Waals surface area contributed by atoms with Crippen LogP contribution in [0.2, 0.25) is 5.02 Å². The Kier molecular flexibility index (Phi) is 3.80. The van der Waals surface area contributed by atoms with Crippen LogP contribution in [-0.4, -0.2) is 11.3 Å². The minimum Gasteiger partial charge on any atom is -0.386 e. The molecule has 1 aromatic heterocycles. The molecule has 1 heterocycles. The number of nitrogens with zero attached hydrogens (tertiary/aromatic N) is 1. The molecule has 0 fully saturated rings. The van der Waals surface area contributed by atoms with E-state index in [1.807, 2.05) is 0 Å². The third kappa shape index (κ3) is 3.51. The first-order valence-corrected chi connectivity index (χ1v) is 4.81. The first-order valence-electron chi connectivity index (χ1n) is 3.64. The van der Waals surface area contributed by atoms with Crippen molar-refractivity contribution in [3.8, 4) is 5.88 Å². The molecule has 0 aliphatic heterocycles. The number of halogens is 5. The molecule has 0 atom stereocenters. The van der Waals surface area contributed by atoms with Gasteiger partial charge in [-0.1, -0.05) is 11.6 Å². The van der Waals surface area contributed by atoms with Gasteiger partial charge < -0.3 is 10.5 Å². The Balaban J connectivity index is 3.11. The maximum atomic E-state index is 11.9. The Morgan fingerprint density at radius 1 is 1.53 bits per heavy atom. The van der Waals surface area contributed by atoms with Crippen LogP contribution in [0.15, 0.2) is 10.5 Å². The lowest BCUT2D eigenvalue weighted by Crippen LogP contribution is -2.19. The van der Waals surface area contributed by atoms with Crippen LogP contribution in [0.5, 0.6) is 5.88 Å². The van der Waals surface area contributed by atoms with E-state index in [0.29, 0.717) is 0 Å². The van der Waals surface area contributed by atoms with Gasteiger partial charge in [-0.25, -0.2) is 4.98 Å².